The largest absolute Gasteiger partial charge is 0.441 e. The van der Waals surface area contributed by atoms with Crippen molar-refractivity contribution in [2.75, 3.05) is 0 Å². The third kappa shape index (κ3) is 4.82. The maximum Gasteiger partial charge on any atom is 0.405 e. The first kappa shape index (κ1) is 20.8. The molecule has 0 aliphatic carbocycles. The third-order valence-corrected chi connectivity index (χ3v) is 4.67. The fraction of sp³-hybridized carbons (Fsp3) is 0.412. The molecule has 1 unspecified atom stereocenters. The number of amides is 1. The lowest BCUT2D eigenvalue weighted by atomic mass is 9.84. The molecule has 8 nitrogen and oxygen atoms in total. The molecule has 0 radical (unpaired) electrons. The van der Waals surface area contributed by atoms with Gasteiger partial charge in [-0.1, -0.05) is 20.8 Å². The zero-order valence-corrected chi connectivity index (χ0v) is 17.0. The van der Waals surface area contributed by atoms with Crippen LogP contribution in [0.25, 0.3) is 5.82 Å². The number of carbonyl (C=O) groups excluding carboxylic acids is 1. The van der Waals surface area contributed by atoms with E-state index in [0.29, 0.717) is 12.1 Å². The minimum absolute atomic E-state index is 0.0635. The Kier molecular flexibility index (Phi) is 6.19. The summed E-state index contributed by atoms with van der Waals surface area (Å²) in [4.78, 5) is 28.0. The fourth-order valence-electron chi connectivity index (χ4n) is 2.53. The second-order valence-corrected chi connectivity index (χ2v) is 7.95. The quantitative estimate of drug-likeness (QED) is 0.767. The van der Waals surface area contributed by atoms with Gasteiger partial charge in [0.2, 0.25) is 0 Å². The lowest BCUT2D eigenvalue weighted by molar-refractivity contribution is 0.0566. The molecule has 1 atom stereocenters. The minimum atomic E-state index is -1.03. The van der Waals surface area contributed by atoms with Gasteiger partial charge in [0, 0.05) is 21.7 Å². The van der Waals surface area contributed by atoms with Crippen LogP contribution in [0.3, 0.4) is 0 Å². The third-order valence-electron chi connectivity index (χ3n) is 3.84. The summed E-state index contributed by atoms with van der Waals surface area (Å²) >= 11 is 3.35. The van der Waals surface area contributed by atoms with E-state index in [1.54, 1.807) is 33.0 Å². The van der Waals surface area contributed by atoms with Crippen molar-refractivity contribution in [2.24, 2.45) is 11.1 Å². The number of carbonyl (C=O) groups is 1. The van der Waals surface area contributed by atoms with Crippen LogP contribution >= 0.6 is 15.9 Å². The van der Waals surface area contributed by atoms with Crippen molar-refractivity contribution < 1.29 is 13.9 Å². The summed E-state index contributed by atoms with van der Waals surface area (Å²) in [6.45, 7) is 6.96. The predicted molar refractivity (Wildman–Crippen MR) is 101 cm³/mol. The second kappa shape index (κ2) is 8.03. The molecule has 0 aliphatic heterocycles. The fourth-order valence-corrected chi connectivity index (χ4v) is 2.75. The molecule has 2 N–H and O–H groups in total. The van der Waals surface area contributed by atoms with Crippen molar-refractivity contribution in [3.8, 4) is 5.82 Å². The number of aromatic nitrogens is 4. The maximum atomic E-state index is 13.6. The number of aryl methyl sites for hydroxylation is 1. The molecule has 0 bridgehead atoms. The molecule has 0 aliphatic rings. The second-order valence-electron chi connectivity index (χ2n) is 7.10. The monoisotopic (exact) mass is 441 g/mol. The van der Waals surface area contributed by atoms with Crippen molar-refractivity contribution in [3.63, 3.8) is 0 Å². The number of nitrogens with two attached hydrogens (primary N) is 1. The molecule has 0 aromatic carbocycles. The van der Waals surface area contributed by atoms with E-state index in [1.807, 2.05) is 6.92 Å². The van der Waals surface area contributed by atoms with Crippen LogP contribution in [0.1, 0.15) is 26.3 Å². The molecule has 2 aromatic heterocycles. The molecule has 0 saturated heterocycles. The topological polar surface area (TPSA) is 105 Å². The van der Waals surface area contributed by atoms with Crippen LogP contribution in [0.5, 0.6) is 0 Å². The summed E-state index contributed by atoms with van der Waals surface area (Å²) in [5.41, 5.74) is 4.92. The van der Waals surface area contributed by atoms with Crippen molar-refractivity contribution in [2.45, 2.75) is 40.3 Å². The zero-order valence-electron chi connectivity index (χ0n) is 15.4. The average molecular weight is 442 g/mol. The molecule has 27 heavy (non-hydrogen) atoms. The van der Waals surface area contributed by atoms with E-state index in [1.165, 1.54) is 10.9 Å². The number of nitrogens with zero attached hydrogens (tertiary/aromatic N) is 4. The first-order chi connectivity index (χ1) is 12.5. The van der Waals surface area contributed by atoms with Gasteiger partial charge in [-0.15, -0.1) is 0 Å². The highest BCUT2D eigenvalue weighted by molar-refractivity contribution is 9.10. The normalized spacial score (nSPS) is 13.5. The lowest BCUT2D eigenvalue weighted by Gasteiger charge is -2.31. The standard InChI is InChI=1S/C17H21BrFN5O3/c1-10-5-13(21-7-12(10)18)23-9-22-24(16(23)26)8-11(6-19)14(17(2,3)4)27-15(20)25/h5-7,9,14H,8H2,1-4H3,(H2,20,25). The van der Waals surface area contributed by atoms with E-state index in [2.05, 4.69) is 26.0 Å². The molecular formula is C17H21BrFN5O3. The van der Waals surface area contributed by atoms with Gasteiger partial charge in [-0.25, -0.2) is 28.2 Å². The van der Waals surface area contributed by atoms with Crippen LogP contribution in [0.15, 0.2) is 39.8 Å². The molecule has 2 heterocycles. The maximum absolute atomic E-state index is 13.6. The van der Waals surface area contributed by atoms with Crippen LogP contribution in [-0.2, 0) is 11.3 Å². The summed E-state index contributed by atoms with van der Waals surface area (Å²) in [5.74, 6) is 0.387. The van der Waals surface area contributed by atoms with Crippen LogP contribution in [0.4, 0.5) is 9.18 Å². The Morgan fingerprint density at radius 1 is 1.48 bits per heavy atom. The molecule has 2 aromatic rings. The Morgan fingerprint density at radius 2 is 2.15 bits per heavy atom. The van der Waals surface area contributed by atoms with Crippen LogP contribution < -0.4 is 11.4 Å². The molecule has 0 saturated carbocycles. The van der Waals surface area contributed by atoms with Gasteiger partial charge in [0.15, 0.2) is 0 Å². The summed E-state index contributed by atoms with van der Waals surface area (Å²) in [6, 6.07) is 1.72. The van der Waals surface area contributed by atoms with Gasteiger partial charge >= 0.3 is 11.8 Å². The van der Waals surface area contributed by atoms with Gasteiger partial charge in [0.1, 0.15) is 18.2 Å². The summed E-state index contributed by atoms with van der Waals surface area (Å²) in [5, 5.41) is 4.01. The number of rotatable bonds is 5. The highest BCUT2D eigenvalue weighted by atomic mass is 79.9. The van der Waals surface area contributed by atoms with Gasteiger partial charge in [0.05, 0.1) is 12.9 Å². The van der Waals surface area contributed by atoms with E-state index in [0.717, 1.165) is 14.7 Å². The summed E-state index contributed by atoms with van der Waals surface area (Å²) < 4.78 is 21.8. The Bertz CT molecular complexity index is 929. The van der Waals surface area contributed by atoms with E-state index in [-0.39, 0.29) is 12.1 Å². The lowest BCUT2D eigenvalue weighted by Crippen LogP contribution is -2.37. The number of hydrogen-bond acceptors (Lipinski definition) is 5. The van der Waals surface area contributed by atoms with Crippen molar-refractivity contribution in [1.29, 1.82) is 0 Å². The first-order valence-corrected chi connectivity index (χ1v) is 8.86. The highest BCUT2D eigenvalue weighted by Gasteiger charge is 2.32. The molecule has 2 rings (SSSR count). The van der Waals surface area contributed by atoms with Gasteiger partial charge in [-0.2, -0.15) is 5.10 Å². The predicted octanol–water partition coefficient (Wildman–Crippen LogP) is 2.86. The Morgan fingerprint density at radius 3 is 2.67 bits per heavy atom. The molecule has 0 fully saturated rings. The van der Waals surface area contributed by atoms with Crippen molar-refractivity contribution in [3.05, 3.63) is 51.0 Å². The Hall–Kier alpha value is -2.49. The minimum Gasteiger partial charge on any atom is -0.441 e. The van der Waals surface area contributed by atoms with Crippen molar-refractivity contribution in [1.82, 2.24) is 19.3 Å². The Balaban J connectivity index is 2.36. The molecule has 10 heteroatoms. The van der Waals surface area contributed by atoms with E-state index in [9.17, 15) is 14.0 Å². The number of hydrogen-bond donors (Lipinski definition) is 1. The molecule has 1 amide bonds. The molecular weight excluding hydrogens is 421 g/mol. The number of primary amides is 1. The van der Waals surface area contributed by atoms with Crippen LogP contribution in [0, 0.1) is 12.3 Å². The summed E-state index contributed by atoms with van der Waals surface area (Å²) in [7, 11) is 0. The van der Waals surface area contributed by atoms with E-state index < -0.39 is 23.3 Å². The smallest absolute Gasteiger partial charge is 0.405 e. The Labute approximate surface area is 164 Å². The number of pyridine rings is 1. The number of ether oxygens (including phenoxy) is 1. The van der Waals surface area contributed by atoms with Crippen LogP contribution in [-0.4, -0.2) is 31.5 Å². The molecule has 146 valence electrons. The van der Waals surface area contributed by atoms with Crippen LogP contribution in [0.2, 0.25) is 0 Å². The average Bonchev–Trinajstić information content (AvgIpc) is 2.93. The van der Waals surface area contributed by atoms with Gasteiger partial charge < -0.3 is 10.5 Å². The summed E-state index contributed by atoms with van der Waals surface area (Å²) in [6.07, 6.45) is 1.21. The number of halogens is 2. The van der Waals surface area contributed by atoms with Gasteiger partial charge in [0.25, 0.3) is 0 Å². The van der Waals surface area contributed by atoms with E-state index in [4.69, 9.17) is 10.5 Å². The van der Waals surface area contributed by atoms with Gasteiger partial charge in [-0.05, 0) is 34.5 Å². The highest BCUT2D eigenvalue weighted by Crippen LogP contribution is 2.29. The first-order valence-electron chi connectivity index (χ1n) is 8.06. The SMILES string of the molecule is Cc1cc(-n2cnn(CC(=CF)C(OC(N)=O)C(C)(C)C)c2=O)ncc1Br. The van der Waals surface area contributed by atoms with Crippen molar-refractivity contribution >= 4 is 22.0 Å². The van der Waals surface area contributed by atoms with E-state index >= 15 is 0 Å². The molecule has 0 spiro atoms. The van der Waals surface area contributed by atoms with Gasteiger partial charge in [-0.3, -0.25) is 0 Å². The zero-order chi connectivity index (χ0) is 20.4.